The van der Waals surface area contributed by atoms with Crippen LogP contribution in [-0.2, 0) is 12.0 Å². The van der Waals surface area contributed by atoms with E-state index in [1.54, 1.807) is 0 Å². The Bertz CT molecular complexity index is 305. The summed E-state index contributed by atoms with van der Waals surface area (Å²) in [6.45, 7) is 3.35. The smallest absolute Gasteiger partial charge is 0.259 e. The van der Waals surface area contributed by atoms with Crippen LogP contribution in [0.5, 0.6) is 0 Å². The van der Waals surface area contributed by atoms with Gasteiger partial charge in [-0.1, -0.05) is 12.1 Å². The molecule has 1 aliphatic rings. The third-order valence-electron chi connectivity index (χ3n) is 2.47. The van der Waals surface area contributed by atoms with Crippen LogP contribution in [0.1, 0.15) is 31.5 Å². The molecule has 1 aliphatic heterocycles. The van der Waals surface area contributed by atoms with Gasteiger partial charge in [-0.2, -0.15) is 4.98 Å². The van der Waals surface area contributed by atoms with Crippen LogP contribution in [0, 0.1) is 0 Å². The Balaban J connectivity index is 2.15. The van der Waals surface area contributed by atoms with Crippen molar-refractivity contribution in [3.63, 3.8) is 0 Å². The molecule has 1 aromatic heterocycles. The standard InChI is InChI=1S/C9H15N3O2/c1-2-3-7-11-8(14-12-7)9(13)4-5-10-6-9/h10,13H,2-6H2,1H3. The summed E-state index contributed by atoms with van der Waals surface area (Å²) in [6.07, 6.45) is 2.42. The van der Waals surface area contributed by atoms with Crippen LogP contribution < -0.4 is 5.32 Å². The minimum absolute atomic E-state index is 0.353. The summed E-state index contributed by atoms with van der Waals surface area (Å²) < 4.78 is 5.05. The summed E-state index contributed by atoms with van der Waals surface area (Å²) in [7, 11) is 0. The first-order valence-corrected chi connectivity index (χ1v) is 5.01. The Labute approximate surface area is 82.5 Å². The van der Waals surface area contributed by atoms with E-state index in [0.717, 1.165) is 19.4 Å². The lowest BCUT2D eigenvalue weighted by Gasteiger charge is -2.14. The molecule has 0 aliphatic carbocycles. The van der Waals surface area contributed by atoms with Gasteiger partial charge < -0.3 is 14.9 Å². The Morgan fingerprint density at radius 1 is 1.64 bits per heavy atom. The number of nitrogens with zero attached hydrogens (tertiary/aromatic N) is 2. The maximum atomic E-state index is 10.1. The van der Waals surface area contributed by atoms with Crippen molar-refractivity contribution in [2.24, 2.45) is 0 Å². The maximum Gasteiger partial charge on any atom is 0.259 e. The molecule has 0 radical (unpaired) electrons. The van der Waals surface area contributed by atoms with Crippen LogP contribution in [0.15, 0.2) is 4.52 Å². The van der Waals surface area contributed by atoms with Crippen LogP contribution in [0.2, 0.25) is 0 Å². The number of aromatic nitrogens is 2. The minimum Gasteiger partial charge on any atom is -0.379 e. The first-order chi connectivity index (χ1) is 6.74. The van der Waals surface area contributed by atoms with Crippen LogP contribution in [0.25, 0.3) is 0 Å². The fourth-order valence-electron chi connectivity index (χ4n) is 1.63. The van der Waals surface area contributed by atoms with Gasteiger partial charge in [0.2, 0.25) is 0 Å². The van der Waals surface area contributed by atoms with Gasteiger partial charge >= 0.3 is 0 Å². The largest absolute Gasteiger partial charge is 0.379 e. The molecule has 14 heavy (non-hydrogen) atoms. The summed E-state index contributed by atoms with van der Waals surface area (Å²) in [4.78, 5) is 4.19. The molecule has 2 N–H and O–H groups in total. The van der Waals surface area contributed by atoms with Gasteiger partial charge in [0.25, 0.3) is 5.89 Å². The molecule has 1 saturated heterocycles. The normalized spacial score (nSPS) is 27.0. The van der Waals surface area contributed by atoms with E-state index in [4.69, 9.17) is 4.52 Å². The highest BCUT2D eigenvalue weighted by Crippen LogP contribution is 2.25. The van der Waals surface area contributed by atoms with Gasteiger partial charge in [-0.05, 0) is 19.4 Å². The molecule has 1 unspecified atom stereocenters. The molecule has 78 valence electrons. The van der Waals surface area contributed by atoms with Crippen molar-refractivity contribution in [3.05, 3.63) is 11.7 Å². The number of β-amino-alcohol motifs (C(OH)–C–C–N with tert-alkyl or cyclic N) is 1. The van der Waals surface area contributed by atoms with Gasteiger partial charge in [-0.3, -0.25) is 0 Å². The Morgan fingerprint density at radius 2 is 2.50 bits per heavy atom. The molecule has 5 nitrogen and oxygen atoms in total. The van der Waals surface area contributed by atoms with E-state index in [1.807, 2.05) is 0 Å². The summed E-state index contributed by atoms with van der Waals surface area (Å²) >= 11 is 0. The van der Waals surface area contributed by atoms with Crippen molar-refractivity contribution < 1.29 is 9.63 Å². The van der Waals surface area contributed by atoms with E-state index in [1.165, 1.54) is 0 Å². The van der Waals surface area contributed by atoms with Crippen molar-refractivity contribution in [1.29, 1.82) is 0 Å². The zero-order valence-electron chi connectivity index (χ0n) is 8.29. The highest BCUT2D eigenvalue weighted by molar-refractivity contribution is 5.03. The van der Waals surface area contributed by atoms with E-state index >= 15 is 0 Å². The van der Waals surface area contributed by atoms with Gasteiger partial charge in [-0.15, -0.1) is 0 Å². The summed E-state index contributed by atoms with van der Waals surface area (Å²) in [5.74, 6) is 1.04. The van der Waals surface area contributed by atoms with Crippen LogP contribution in [0.3, 0.4) is 0 Å². The second-order valence-corrected chi connectivity index (χ2v) is 3.72. The third kappa shape index (κ3) is 1.65. The molecule has 0 aromatic carbocycles. The van der Waals surface area contributed by atoms with E-state index in [2.05, 4.69) is 22.4 Å². The number of hydrogen-bond donors (Lipinski definition) is 2. The quantitative estimate of drug-likeness (QED) is 0.724. The molecule has 0 saturated carbocycles. The molecule has 2 heterocycles. The topological polar surface area (TPSA) is 71.2 Å². The van der Waals surface area contributed by atoms with Gasteiger partial charge in [0.15, 0.2) is 11.4 Å². The maximum absolute atomic E-state index is 10.1. The first-order valence-electron chi connectivity index (χ1n) is 5.01. The van der Waals surface area contributed by atoms with Crippen molar-refractivity contribution >= 4 is 0 Å². The minimum atomic E-state index is -0.945. The second-order valence-electron chi connectivity index (χ2n) is 3.72. The Morgan fingerprint density at radius 3 is 3.14 bits per heavy atom. The molecule has 0 spiro atoms. The number of aryl methyl sites for hydroxylation is 1. The van der Waals surface area contributed by atoms with Crippen molar-refractivity contribution in [1.82, 2.24) is 15.5 Å². The van der Waals surface area contributed by atoms with Crippen molar-refractivity contribution in [3.8, 4) is 0 Å². The molecular weight excluding hydrogens is 182 g/mol. The van der Waals surface area contributed by atoms with E-state index in [9.17, 15) is 5.11 Å². The SMILES string of the molecule is CCCc1noc(C2(O)CCNC2)n1. The van der Waals surface area contributed by atoms with E-state index < -0.39 is 5.60 Å². The lowest BCUT2D eigenvalue weighted by Crippen LogP contribution is -2.28. The fourth-order valence-corrected chi connectivity index (χ4v) is 1.63. The average molecular weight is 197 g/mol. The molecule has 1 atom stereocenters. The van der Waals surface area contributed by atoms with Crippen LogP contribution >= 0.6 is 0 Å². The Kier molecular flexibility index (Phi) is 2.52. The zero-order valence-corrected chi connectivity index (χ0v) is 8.29. The number of rotatable bonds is 3. The lowest BCUT2D eigenvalue weighted by atomic mass is 10.0. The second kappa shape index (κ2) is 3.67. The monoisotopic (exact) mass is 197 g/mol. The predicted molar refractivity (Wildman–Crippen MR) is 49.7 cm³/mol. The summed E-state index contributed by atoms with van der Waals surface area (Å²) in [5.41, 5.74) is -0.945. The highest BCUT2D eigenvalue weighted by atomic mass is 16.5. The van der Waals surface area contributed by atoms with Crippen LogP contribution in [0.4, 0.5) is 0 Å². The molecule has 0 amide bonds. The lowest BCUT2D eigenvalue weighted by molar-refractivity contribution is 0.0243. The molecule has 1 aromatic rings. The number of aliphatic hydroxyl groups is 1. The Hall–Kier alpha value is -0.940. The first kappa shape index (κ1) is 9.61. The van der Waals surface area contributed by atoms with E-state index in [0.29, 0.717) is 24.7 Å². The highest BCUT2D eigenvalue weighted by Gasteiger charge is 2.38. The number of hydrogen-bond acceptors (Lipinski definition) is 5. The van der Waals surface area contributed by atoms with Gasteiger partial charge in [0, 0.05) is 13.0 Å². The van der Waals surface area contributed by atoms with Gasteiger partial charge in [0.1, 0.15) is 0 Å². The summed E-state index contributed by atoms with van der Waals surface area (Å²) in [6, 6.07) is 0. The van der Waals surface area contributed by atoms with Gasteiger partial charge in [0.05, 0.1) is 0 Å². The third-order valence-corrected chi connectivity index (χ3v) is 2.47. The van der Waals surface area contributed by atoms with E-state index in [-0.39, 0.29) is 0 Å². The molecule has 1 fully saturated rings. The fraction of sp³-hybridized carbons (Fsp3) is 0.778. The molecular formula is C9H15N3O2. The molecule has 0 bridgehead atoms. The molecule has 2 rings (SSSR count). The van der Waals surface area contributed by atoms with Crippen molar-refractivity contribution in [2.45, 2.75) is 31.8 Å². The van der Waals surface area contributed by atoms with Gasteiger partial charge in [-0.25, -0.2) is 0 Å². The summed E-state index contributed by atoms with van der Waals surface area (Å²) in [5, 5.41) is 17.0. The zero-order chi connectivity index (χ0) is 10.0. The van der Waals surface area contributed by atoms with Crippen LogP contribution in [-0.4, -0.2) is 28.3 Å². The number of nitrogens with one attached hydrogen (secondary N) is 1. The predicted octanol–water partition coefficient (Wildman–Crippen LogP) is 0.203. The molecule has 5 heteroatoms. The van der Waals surface area contributed by atoms with Crippen molar-refractivity contribution in [2.75, 3.05) is 13.1 Å². The average Bonchev–Trinajstić information content (AvgIpc) is 2.75.